The summed E-state index contributed by atoms with van der Waals surface area (Å²) in [5.41, 5.74) is 0. The second-order valence-electron chi connectivity index (χ2n) is 0.302. The van der Waals surface area contributed by atoms with Gasteiger partial charge in [0.15, 0.2) is 0 Å². The minimum absolute atomic E-state index is 0. The second-order valence-corrected chi connectivity index (χ2v) is 1.24. The fourth-order valence-electron chi connectivity index (χ4n) is 0. The fourth-order valence-corrected chi connectivity index (χ4v) is 0. The van der Waals surface area contributed by atoms with Crippen molar-refractivity contribution in [2.24, 2.45) is 0 Å². The molecule has 0 nitrogen and oxygen atoms in total. The van der Waals surface area contributed by atoms with Crippen molar-refractivity contribution in [3.63, 3.8) is 0 Å². The Morgan fingerprint density at radius 3 is 1.25 bits per heavy atom. The molecule has 0 spiro atoms. The van der Waals surface area contributed by atoms with Crippen molar-refractivity contribution in [2.75, 3.05) is 0 Å². The predicted molar refractivity (Wildman–Crippen MR) is 27.1 cm³/mol. The van der Waals surface area contributed by atoms with Crippen LogP contribution in [0.1, 0.15) is 0 Å². The number of hydrogen-bond acceptors (Lipinski definition) is 0. The molecule has 0 radical (unpaired) electrons. The Kier molecular flexibility index (Phi) is 19.9. The Morgan fingerprint density at radius 1 is 1.25 bits per heavy atom. The molecule has 0 aliphatic heterocycles. The molecule has 0 bridgehead atoms. The number of rotatable bonds is 0. The van der Waals surface area contributed by atoms with E-state index < -0.39 is 0 Å². The molecule has 33 valence electrons. The molecule has 0 aromatic rings. The quantitative estimate of drug-likeness (QED) is 0.432. The van der Waals surface area contributed by atoms with Gasteiger partial charge in [-0.1, -0.05) is 0 Å². The molecule has 0 N–H and O–H groups in total. The molecule has 0 rings (SSSR count). The molecular weight excluding hydrogens is 214 g/mol. The van der Waals surface area contributed by atoms with E-state index in [9.17, 15) is 0 Å². The molecule has 0 aromatic heterocycles. The van der Waals surface area contributed by atoms with Gasteiger partial charge in [0.05, 0.1) is 0 Å². The molecule has 0 saturated heterocycles. The van der Waals surface area contributed by atoms with Crippen LogP contribution in [0.4, 0.5) is 0 Å². The molecule has 0 heterocycles. The van der Waals surface area contributed by atoms with Gasteiger partial charge in [-0.05, 0) is 0 Å². The van der Waals surface area contributed by atoms with Crippen LogP contribution in [0.5, 0.6) is 0 Å². The van der Waals surface area contributed by atoms with Crippen molar-refractivity contribution >= 4 is 24.0 Å². The van der Waals surface area contributed by atoms with E-state index in [2.05, 4.69) is 0 Å². The zero-order valence-corrected chi connectivity index (χ0v) is 5.98. The summed E-state index contributed by atoms with van der Waals surface area (Å²) in [6.45, 7) is 0. The van der Waals surface area contributed by atoms with Crippen molar-refractivity contribution < 1.29 is 15.0 Å². The van der Waals surface area contributed by atoms with E-state index in [1.165, 1.54) is 0 Å². The molecule has 4 heavy (non-hydrogen) atoms. The first-order valence-electron chi connectivity index (χ1n) is 0.603. The molecular formula is C2H7CuI. The molecule has 0 aromatic carbocycles. The third-order valence-corrected chi connectivity index (χ3v) is 0. The summed E-state index contributed by atoms with van der Waals surface area (Å²) in [7, 11) is 0. The van der Waals surface area contributed by atoms with Crippen LogP contribution >= 0.6 is 24.0 Å². The van der Waals surface area contributed by atoms with E-state index in [-0.39, 0.29) is 24.0 Å². The summed E-state index contributed by atoms with van der Waals surface area (Å²) >= 11 is 1.81. The van der Waals surface area contributed by atoms with Crippen LogP contribution in [0.15, 0.2) is 0 Å². The van der Waals surface area contributed by atoms with Gasteiger partial charge in [-0.3, -0.25) is 0 Å². The van der Waals surface area contributed by atoms with Gasteiger partial charge in [0.2, 0.25) is 0 Å². The second kappa shape index (κ2) is 8.87. The fraction of sp³-hybridized carbons (Fsp3) is 1.00. The molecule has 0 aliphatic carbocycles. The van der Waals surface area contributed by atoms with Gasteiger partial charge in [0.25, 0.3) is 0 Å². The van der Waals surface area contributed by atoms with Gasteiger partial charge < -0.3 is 0 Å². The third-order valence-electron chi connectivity index (χ3n) is 0. The monoisotopic (exact) mass is 221 g/mol. The van der Waals surface area contributed by atoms with E-state index in [1.807, 2.05) is 26.6 Å². The maximum absolute atomic E-state index is 2.03. The van der Waals surface area contributed by atoms with Crippen molar-refractivity contribution in [1.29, 1.82) is 0 Å². The van der Waals surface area contributed by atoms with E-state index in [0.717, 1.165) is 0 Å². The average molecular weight is 222 g/mol. The summed E-state index contributed by atoms with van der Waals surface area (Å²) in [5.74, 6) is 4.06. The van der Waals surface area contributed by atoms with Crippen LogP contribution in [0.3, 0.4) is 0 Å². The molecule has 0 fully saturated rings. The molecule has 2 heteroatoms. The van der Waals surface area contributed by atoms with Crippen molar-refractivity contribution in [3.05, 3.63) is 0 Å². The first-order valence-corrected chi connectivity index (χ1v) is 2.49. The van der Waals surface area contributed by atoms with Gasteiger partial charge in [-0.15, -0.1) is 24.0 Å². The summed E-state index contributed by atoms with van der Waals surface area (Å²) in [5, 5.41) is 0. The summed E-state index contributed by atoms with van der Waals surface area (Å²) in [6.07, 6.45) is 0. The number of hydrogen-bond donors (Lipinski definition) is 0. The van der Waals surface area contributed by atoms with Crippen LogP contribution in [-0.4, -0.2) is 0 Å². The summed E-state index contributed by atoms with van der Waals surface area (Å²) in [4.78, 5) is 0. The van der Waals surface area contributed by atoms with Gasteiger partial charge in [-0.2, -0.15) is 0 Å². The van der Waals surface area contributed by atoms with Gasteiger partial charge in [-0.25, -0.2) is 0 Å². The Hall–Kier alpha value is 1.25. The van der Waals surface area contributed by atoms with Crippen LogP contribution < -0.4 is 0 Å². The maximum atomic E-state index is 2.03. The number of halogens is 1. The summed E-state index contributed by atoms with van der Waals surface area (Å²) in [6, 6.07) is 0. The van der Waals surface area contributed by atoms with Crippen molar-refractivity contribution in [3.8, 4) is 0 Å². The van der Waals surface area contributed by atoms with E-state index in [4.69, 9.17) is 0 Å². The minimum atomic E-state index is 0. The molecule has 0 amide bonds. The predicted octanol–water partition coefficient (Wildman–Crippen LogP) is 1.78. The van der Waals surface area contributed by atoms with Gasteiger partial charge >= 0.3 is 26.6 Å². The van der Waals surface area contributed by atoms with Gasteiger partial charge in [0, 0.05) is 0 Å². The van der Waals surface area contributed by atoms with Gasteiger partial charge in [0.1, 0.15) is 0 Å². The first kappa shape index (κ1) is 8.98. The molecule has 0 unspecified atom stereocenters. The normalized spacial score (nSPS) is 5.50. The van der Waals surface area contributed by atoms with Crippen LogP contribution in [0.2, 0.25) is 11.6 Å². The Morgan fingerprint density at radius 2 is 1.25 bits per heavy atom. The Balaban J connectivity index is 0. The van der Waals surface area contributed by atoms with E-state index >= 15 is 0 Å². The van der Waals surface area contributed by atoms with Crippen LogP contribution in [-0.2, 0) is 15.0 Å². The topological polar surface area (TPSA) is 0 Å². The average Bonchev–Trinajstić information content (AvgIpc) is 0.918. The third kappa shape index (κ3) is 10.5. The van der Waals surface area contributed by atoms with Crippen molar-refractivity contribution in [1.82, 2.24) is 0 Å². The standard InChI is InChI=1S/2CH3.Cu.HI/h2*1H3;;1H. The molecule has 0 saturated carbocycles. The molecule has 0 atom stereocenters. The zero-order valence-electron chi connectivity index (χ0n) is 2.71. The van der Waals surface area contributed by atoms with Crippen LogP contribution in [0.25, 0.3) is 0 Å². The Labute approximate surface area is 50.5 Å². The van der Waals surface area contributed by atoms with Crippen LogP contribution in [0, 0.1) is 0 Å². The SMILES string of the molecule is I.[CH3][Cu][CH3]. The first-order chi connectivity index (χ1) is 1.41. The van der Waals surface area contributed by atoms with Crippen molar-refractivity contribution in [2.45, 2.75) is 11.6 Å². The summed E-state index contributed by atoms with van der Waals surface area (Å²) < 4.78 is 0. The zero-order chi connectivity index (χ0) is 2.71. The molecule has 0 aliphatic rings. The van der Waals surface area contributed by atoms with E-state index in [0.29, 0.717) is 0 Å². The van der Waals surface area contributed by atoms with E-state index in [1.54, 1.807) is 0 Å². The Bertz CT molecular complexity index is 6.00.